The van der Waals surface area contributed by atoms with Crippen LogP contribution in [0.2, 0.25) is 0 Å². The highest BCUT2D eigenvalue weighted by atomic mass is 16.6. The first-order valence-electron chi connectivity index (χ1n) is 5.73. The third kappa shape index (κ3) is 3.09. The Morgan fingerprint density at radius 2 is 2.12 bits per heavy atom. The molecule has 0 saturated carbocycles. The maximum absolute atomic E-state index is 11.6. The predicted octanol–water partition coefficient (Wildman–Crippen LogP) is 3.60. The van der Waals surface area contributed by atoms with Crippen molar-refractivity contribution in [2.75, 3.05) is 5.32 Å². The number of hydrogen-bond acceptors (Lipinski definition) is 2. The fraction of sp³-hybridized carbons (Fsp3) is 0.357. The SMILES string of the molecule is CC(C)(C)OC(=O)Nc1ccc2c(c1)CC=C2. The second-order valence-corrected chi connectivity index (χ2v) is 5.15. The van der Waals surface area contributed by atoms with E-state index in [2.05, 4.69) is 17.5 Å². The molecule has 0 saturated heterocycles. The van der Waals surface area contributed by atoms with Crippen LogP contribution in [0, 0.1) is 0 Å². The van der Waals surface area contributed by atoms with Crippen molar-refractivity contribution >= 4 is 17.9 Å². The van der Waals surface area contributed by atoms with E-state index in [4.69, 9.17) is 4.74 Å². The molecule has 3 nitrogen and oxygen atoms in total. The van der Waals surface area contributed by atoms with E-state index in [1.54, 1.807) is 0 Å². The van der Waals surface area contributed by atoms with Crippen LogP contribution in [0.25, 0.3) is 6.08 Å². The van der Waals surface area contributed by atoms with Gasteiger partial charge in [0.05, 0.1) is 0 Å². The summed E-state index contributed by atoms with van der Waals surface area (Å²) >= 11 is 0. The smallest absolute Gasteiger partial charge is 0.412 e. The van der Waals surface area contributed by atoms with Crippen molar-refractivity contribution in [2.45, 2.75) is 32.8 Å². The summed E-state index contributed by atoms with van der Waals surface area (Å²) in [5, 5.41) is 2.74. The first kappa shape index (κ1) is 11.7. The molecule has 0 unspecified atom stereocenters. The Morgan fingerprint density at radius 3 is 2.82 bits per heavy atom. The Labute approximate surface area is 101 Å². The summed E-state index contributed by atoms with van der Waals surface area (Å²) < 4.78 is 5.20. The molecule has 0 atom stereocenters. The molecule has 1 aromatic rings. The number of rotatable bonds is 1. The highest BCUT2D eigenvalue weighted by Crippen LogP contribution is 2.23. The van der Waals surface area contributed by atoms with Crippen LogP contribution in [0.1, 0.15) is 31.9 Å². The van der Waals surface area contributed by atoms with Gasteiger partial charge in [-0.15, -0.1) is 0 Å². The van der Waals surface area contributed by atoms with Gasteiger partial charge in [0.25, 0.3) is 0 Å². The standard InChI is InChI=1S/C14H17NO2/c1-14(2,3)17-13(16)15-12-8-7-10-5-4-6-11(10)9-12/h4-5,7-9H,6H2,1-3H3,(H,15,16). The van der Waals surface area contributed by atoms with E-state index in [0.29, 0.717) is 0 Å². The average molecular weight is 231 g/mol. The van der Waals surface area contributed by atoms with Crippen LogP contribution in [0.3, 0.4) is 0 Å². The van der Waals surface area contributed by atoms with Crippen LogP contribution in [0.5, 0.6) is 0 Å². The van der Waals surface area contributed by atoms with Crippen molar-refractivity contribution in [1.82, 2.24) is 0 Å². The molecule has 1 aromatic carbocycles. The van der Waals surface area contributed by atoms with Gasteiger partial charge >= 0.3 is 6.09 Å². The predicted molar refractivity (Wildman–Crippen MR) is 69.0 cm³/mol. The van der Waals surface area contributed by atoms with Gasteiger partial charge in [-0.3, -0.25) is 5.32 Å². The first-order chi connectivity index (χ1) is 7.94. The second-order valence-electron chi connectivity index (χ2n) is 5.15. The third-order valence-electron chi connectivity index (χ3n) is 2.42. The quantitative estimate of drug-likeness (QED) is 0.801. The van der Waals surface area contributed by atoms with Gasteiger partial charge in [-0.2, -0.15) is 0 Å². The van der Waals surface area contributed by atoms with E-state index < -0.39 is 11.7 Å². The molecule has 0 aliphatic heterocycles. The van der Waals surface area contributed by atoms with Crippen molar-refractivity contribution in [3.8, 4) is 0 Å². The molecule has 1 N–H and O–H groups in total. The average Bonchev–Trinajstić information content (AvgIpc) is 2.61. The summed E-state index contributed by atoms with van der Waals surface area (Å²) in [6.45, 7) is 5.54. The molecule has 3 heteroatoms. The minimum Gasteiger partial charge on any atom is -0.444 e. The maximum Gasteiger partial charge on any atom is 0.412 e. The largest absolute Gasteiger partial charge is 0.444 e. The molecule has 90 valence electrons. The topological polar surface area (TPSA) is 38.3 Å². The molecule has 0 spiro atoms. The molecule has 1 aliphatic carbocycles. The van der Waals surface area contributed by atoms with E-state index in [1.165, 1.54) is 11.1 Å². The lowest BCUT2D eigenvalue weighted by molar-refractivity contribution is 0.0636. The van der Waals surface area contributed by atoms with Crippen molar-refractivity contribution < 1.29 is 9.53 Å². The minimum atomic E-state index is -0.470. The van der Waals surface area contributed by atoms with E-state index in [-0.39, 0.29) is 0 Å². The highest BCUT2D eigenvalue weighted by molar-refractivity contribution is 5.85. The van der Waals surface area contributed by atoms with Gasteiger partial charge in [0, 0.05) is 5.69 Å². The summed E-state index contributed by atoms with van der Waals surface area (Å²) in [5.74, 6) is 0. The third-order valence-corrected chi connectivity index (χ3v) is 2.42. The number of fused-ring (bicyclic) bond motifs is 1. The number of carbonyl (C=O) groups is 1. The zero-order chi connectivity index (χ0) is 12.5. The number of benzene rings is 1. The zero-order valence-electron chi connectivity index (χ0n) is 10.4. The van der Waals surface area contributed by atoms with Gasteiger partial charge in [0.15, 0.2) is 0 Å². The lowest BCUT2D eigenvalue weighted by Crippen LogP contribution is -2.27. The van der Waals surface area contributed by atoms with Crippen LogP contribution in [-0.4, -0.2) is 11.7 Å². The summed E-state index contributed by atoms with van der Waals surface area (Å²) in [6, 6.07) is 5.88. The number of allylic oxidation sites excluding steroid dienone is 1. The highest BCUT2D eigenvalue weighted by Gasteiger charge is 2.16. The van der Waals surface area contributed by atoms with Gasteiger partial charge < -0.3 is 4.74 Å². The van der Waals surface area contributed by atoms with Gasteiger partial charge in [-0.05, 0) is 50.5 Å². The molecule has 17 heavy (non-hydrogen) atoms. The molecule has 2 rings (SSSR count). The van der Waals surface area contributed by atoms with Crippen molar-refractivity contribution in [1.29, 1.82) is 0 Å². The fourth-order valence-electron chi connectivity index (χ4n) is 1.76. The summed E-state index contributed by atoms with van der Waals surface area (Å²) in [4.78, 5) is 11.6. The Hall–Kier alpha value is -1.77. The van der Waals surface area contributed by atoms with Crippen LogP contribution < -0.4 is 5.32 Å². The molecule has 0 radical (unpaired) electrons. The Morgan fingerprint density at radius 1 is 1.35 bits per heavy atom. The lowest BCUT2D eigenvalue weighted by Gasteiger charge is -2.19. The number of ether oxygens (including phenoxy) is 1. The van der Waals surface area contributed by atoms with Gasteiger partial charge in [-0.1, -0.05) is 18.2 Å². The fourth-order valence-corrected chi connectivity index (χ4v) is 1.76. The number of amides is 1. The molecular weight excluding hydrogens is 214 g/mol. The molecule has 0 fully saturated rings. The summed E-state index contributed by atoms with van der Waals surface area (Å²) in [7, 11) is 0. The molecule has 0 heterocycles. The van der Waals surface area contributed by atoms with E-state index >= 15 is 0 Å². The lowest BCUT2D eigenvalue weighted by atomic mass is 10.1. The molecular formula is C14H17NO2. The Balaban J connectivity index is 2.03. The molecule has 1 amide bonds. The monoisotopic (exact) mass is 231 g/mol. The van der Waals surface area contributed by atoms with Crippen LogP contribution >= 0.6 is 0 Å². The van der Waals surface area contributed by atoms with Crippen molar-refractivity contribution in [3.05, 3.63) is 35.4 Å². The molecule has 0 bridgehead atoms. The van der Waals surface area contributed by atoms with Gasteiger partial charge in [-0.25, -0.2) is 4.79 Å². The van der Waals surface area contributed by atoms with Gasteiger partial charge in [0.2, 0.25) is 0 Å². The Bertz CT molecular complexity index is 470. The normalized spacial score (nSPS) is 13.4. The number of nitrogens with one attached hydrogen (secondary N) is 1. The van der Waals surface area contributed by atoms with E-state index in [9.17, 15) is 4.79 Å². The van der Waals surface area contributed by atoms with Crippen LogP contribution in [-0.2, 0) is 11.2 Å². The van der Waals surface area contributed by atoms with E-state index in [1.807, 2.05) is 39.0 Å². The van der Waals surface area contributed by atoms with Crippen molar-refractivity contribution in [3.63, 3.8) is 0 Å². The summed E-state index contributed by atoms with van der Waals surface area (Å²) in [5.41, 5.74) is 2.77. The van der Waals surface area contributed by atoms with Crippen molar-refractivity contribution in [2.24, 2.45) is 0 Å². The number of anilines is 1. The maximum atomic E-state index is 11.6. The molecule has 1 aliphatic rings. The minimum absolute atomic E-state index is 0.414. The number of hydrogen-bond donors (Lipinski definition) is 1. The number of carbonyl (C=O) groups excluding carboxylic acids is 1. The van der Waals surface area contributed by atoms with E-state index in [0.717, 1.165) is 12.1 Å². The van der Waals surface area contributed by atoms with Crippen LogP contribution in [0.15, 0.2) is 24.3 Å². The Kier molecular flexibility index (Phi) is 2.92. The summed E-state index contributed by atoms with van der Waals surface area (Å²) in [6.07, 6.45) is 4.72. The zero-order valence-corrected chi connectivity index (χ0v) is 10.4. The van der Waals surface area contributed by atoms with Crippen LogP contribution in [0.4, 0.5) is 10.5 Å². The first-order valence-corrected chi connectivity index (χ1v) is 5.73. The van der Waals surface area contributed by atoms with Gasteiger partial charge in [0.1, 0.15) is 5.60 Å². The second kappa shape index (κ2) is 4.24. The molecule has 0 aromatic heterocycles.